The summed E-state index contributed by atoms with van der Waals surface area (Å²) in [4.78, 5) is 17.3. The summed E-state index contributed by atoms with van der Waals surface area (Å²) in [5.41, 5.74) is 1.43. The van der Waals surface area contributed by atoms with Crippen molar-refractivity contribution in [1.29, 1.82) is 0 Å². The van der Waals surface area contributed by atoms with Crippen LogP contribution >= 0.6 is 11.8 Å². The normalized spacial score (nSPS) is 11.6. The number of halogens is 3. The Kier molecular flexibility index (Phi) is 5.78. The highest BCUT2D eigenvalue weighted by Gasteiger charge is 2.28. The van der Waals surface area contributed by atoms with Crippen LogP contribution in [0.25, 0.3) is 16.9 Å². The minimum Gasteiger partial charge on any atom is -0.484 e. The van der Waals surface area contributed by atoms with E-state index in [0.29, 0.717) is 22.3 Å². The van der Waals surface area contributed by atoms with E-state index in [0.717, 1.165) is 5.56 Å². The molecule has 10 heteroatoms. The molecular formula is C18H17F3N4O2S. The van der Waals surface area contributed by atoms with Gasteiger partial charge >= 0.3 is 6.18 Å². The number of ether oxygens (including phenoxy) is 1. The van der Waals surface area contributed by atoms with Crippen LogP contribution in [0.1, 0.15) is 6.92 Å². The molecule has 0 amide bonds. The van der Waals surface area contributed by atoms with Gasteiger partial charge in [0.25, 0.3) is 5.56 Å². The Morgan fingerprint density at radius 1 is 1.21 bits per heavy atom. The molecule has 3 rings (SSSR count). The third kappa shape index (κ3) is 4.75. The Morgan fingerprint density at radius 2 is 1.93 bits per heavy atom. The van der Waals surface area contributed by atoms with Gasteiger partial charge in [-0.25, -0.2) is 4.98 Å². The second-order valence-corrected chi connectivity index (χ2v) is 7.06. The van der Waals surface area contributed by atoms with Gasteiger partial charge in [0.15, 0.2) is 11.8 Å². The minimum atomic E-state index is -4.41. The average Bonchev–Trinajstić information content (AvgIpc) is 3.06. The lowest BCUT2D eigenvalue weighted by Crippen LogP contribution is -2.21. The van der Waals surface area contributed by atoms with Gasteiger partial charge in [-0.05, 0) is 30.0 Å². The van der Waals surface area contributed by atoms with E-state index in [-0.39, 0.29) is 11.3 Å². The lowest BCUT2D eigenvalue weighted by molar-refractivity contribution is -0.153. The molecule has 6 nitrogen and oxygen atoms in total. The minimum absolute atomic E-state index is 0.0683. The van der Waals surface area contributed by atoms with E-state index >= 15 is 0 Å². The molecule has 2 aromatic heterocycles. The van der Waals surface area contributed by atoms with Crippen molar-refractivity contribution in [3.05, 3.63) is 53.1 Å². The fourth-order valence-electron chi connectivity index (χ4n) is 2.48. The van der Waals surface area contributed by atoms with Crippen molar-refractivity contribution < 1.29 is 17.9 Å². The molecule has 0 saturated carbocycles. The van der Waals surface area contributed by atoms with Crippen LogP contribution in [0.15, 0.2) is 52.7 Å². The summed E-state index contributed by atoms with van der Waals surface area (Å²) in [6, 6.07) is 7.24. The van der Waals surface area contributed by atoms with Gasteiger partial charge in [-0.15, -0.1) is 0 Å². The number of benzene rings is 1. The van der Waals surface area contributed by atoms with E-state index in [9.17, 15) is 18.0 Å². The monoisotopic (exact) mass is 410 g/mol. The third-order valence-electron chi connectivity index (χ3n) is 3.66. The molecule has 1 aromatic carbocycles. The van der Waals surface area contributed by atoms with Crippen LogP contribution < -0.4 is 10.3 Å². The highest BCUT2D eigenvalue weighted by atomic mass is 32.2. The molecule has 0 saturated heterocycles. The van der Waals surface area contributed by atoms with Crippen molar-refractivity contribution >= 4 is 11.8 Å². The number of nitrogens with zero attached hydrogens (tertiary/aromatic N) is 4. The van der Waals surface area contributed by atoms with Crippen molar-refractivity contribution in [1.82, 2.24) is 19.3 Å². The van der Waals surface area contributed by atoms with Crippen LogP contribution in [0.5, 0.6) is 5.75 Å². The Balaban J connectivity index is 1.95. The molecule has 0 aliphatic rings. The quantitative estimate of drug-likeness (QED) is 0.458. The fourth-order valence-corrected chi connectivity index (χ4v) is 3.23. The van der Waals surface area contributed by atoms with Crippen molar-refractivity contribution in [3.8, 4) is 22.7 Å². The predicted octanol–water partition coefficient (Wildman–Crippen LogP) is 3.69. The second kappa shape index (κ2) is 8.09. The van der Waals surface area contributed by atoms with Crippen LogP contribution in [0.3, 0.4) is 0 Å². The van der Waals surface area contributed by atoms with Gasteiger partial charge < -0.3 is 4.74 Å². The molecule has 0 aliphatic carbocycles. The number of aromatic nitrogens is 4. The molecule has 148 valence electrons. The van der Waals surface area contributed by atoms with Crippen molar-refractivity contribution in [3.63, 3.8) is 0 Å². The molecule has 0 atom stereocenters. The SMILES string of the molecule is CCSc1nc(-c2cnn(C)c2)cc(=O)n1-c1ccc(OCC(F)(F)F)cc1. The summed E-state index contributed by atoms with van der Waals surface area (Å²) >= 11 is 1.39. The maximum Gasteiger partial charge on any atom is 0.422 e. The molecule has 0 N–H and O–H groups in total. The summed E-state index contributed by atoms with van der Waals surface area (Å²) in [6.45, 7) is 0.566. The standard InChI is InChI=1S/C18H17F3N4O2S/c1-3-28-17-23-15(12-9-22-24(2)10-12)8-16(26)25(17)13-4-6-14(7-5-13)27-11-18(19,20)21/h4-10H,3,11H2,1-2H3. The molecule has 0 radical (unpaired) electrons. The first-order valence-corrected chi connectivity index (χ1v) is 9.31. The number of alkyl halides is 3. The van der Waals surface area contributed by atoms with Gasteiger partial charge in [-0.2, -0.15) is 18.3 Å². The predicted molar refractivity (Wildman–Crippen MR) is 100.0 cm³/mol. The second-order valence-electron chi connectivity index (χ2n) is 5.83. The largest absolute Gasteiger partial charge is 0.484 e. The van der Waals surface area contributed by atoms with Gasteiger partial charge in [-0.1, -0.05) is 18.7 Å². The first kappa shape index (κ1) is 20.0. The van der Waals surface area contributed by atoms with Crippen molar-refractivity contribution in [2.75, 3.05) is 12.4 Å². The van der Waals surface area contributed by atoms with Gasteiger partial charge in [0, 0.05) is 24.9 Å². The topological polar surface area (TPSA) is 61.9 Å². The zero-order valence-electron chi connectivity index (χ0n) is 15.1. The van der Waals surface area contributed by atoms with E-state index in [1.165, 1.54) is 46.7 Å². The molecule has 0 aliphatic heterocycles. The fraction of sp³-hybridized carbons (Fsp3) is 0.278. The van der Waals surface area contributed by atoms with Gasteiger partial charge in [-0.3, -0.25) is 14.0 Å². The van der Waals surface area contributed by atoms with Crippen LogP contribution in [0.4, 0.5) is 13.2 Å². The van der Waals surface area contributed by atoms with Gasteiger partial charge in [0.2, 0.25) is 0 Å². The highest BCUT2D eigenvalue weighted by molar-refractivity contribution is 7.99. The summed E-state index contributed by atoms with van der Waals surface area (Å²) in [5, 5.41) is 4.57. The van der Waals surface area contributed by atoms with Crippen LogP contribution in [0.2, 0.25) is 0 Å². The number of thioether (sulfide) groups is 1. The van der Waals surface area contributed by atoms with Crippen LogP contribution in [0, 0.1) is 0 Å². The molecule has 0 fully saturated rings. The smallest absolute Gasteiger partial charge is 0.422 e. The summed E-state index contributed by atoms with van der Waals surface area (Å²) in [6.07, 6.45) is -1.02. The summed E-state index contributed by atoms with van der Waals surface area (Å²) in [5.74, 6) is 0.758. The van der Waals surface area contributed by atoms with Gasteiger partial charge in [0.05, 0.1) is 17.6 Å². The van der Waals surface area contributed by atoms with Crippen molar-refractivity contribution in [2.24, 2.45) is 7.05 Å². The Bertz CT molecular complexity index is 1010. The maximum absolute atomic E-state index is 12.8. The zero-order valence-corrected chi connectivity index (χ0v) is 15.9. The number of hydrogen-bond donors (Lipinski definition) is 0. The number of rotatable bonds is 6. The summed E-state index contributed by atoms with van der Waals surface area (Å²) in [7, 11) is 1.77. The van der Waals surface area contributed by atoms with E-state index < -0.39 is 12.8 Å². The van der Waals surface area contributed by atoms with E-state index in [2.05, 4.69) is 10.1 Å². The molecule has 0 bridgehead atoms. The number of aryl methyl sites for hydroxylation is 1. The number of hydrogen-bond acceptors (Lipinski definition) is 5. The van der Waals surface area contributed by atoms with E-state index in [1.807, 2.05) is 6.92 Å². The van der Waals surface area contributed by atoms with Crippen LogP contribution in [-0.4, -0.2) is 37.9 Å². The van der Waals surface area contributed by atoms with Gasteiger partial charge in [0.1, 0.15) is 5.75 Å². The van der Waals surface area contributed by atoms with Crippen LogP contribution in [-0.2, 0) is 7.05 Å². The molecule has 0 unspecified atom stereocenters. The first-order chi connectivity index (χ1) is 13.3. The maximum atomic E-state index is 12.8. The Morgan fingerprint density at radius 3 is 2.50 bits per heavy atom. The molecule has 28 heavy (non-hydrogen) atoms. The van der Waals surface area contributed by atoms with E-state index in [4.69, 9.17) is 4.74 Å². The first-order valence-electron chi connectivity index (χ1n) is 8.33. The Hall–Kier alpha value is -2.75. The lowest BCUT2D eigenvalue weighted by Gasteiger charge is -2.13. The Labute approximate surface area is 163 Å². The molecule has 0 spiro atoms. The zero-order chi connectivity index (χ0) is 20.3. The third-order valence-corrected chi connectivity index (χ3v) is 4.48. The molecular weight excluding hydrogens is 393 g/mol. The lowest BCUT2D eigenvalue weighted by atomic mass is 10.2. The summed E-state index contributed by atoms with van der Waals surface area (Å²) < 4.78 is 44.5. The van der Waals surface area contributed by atoms with Crippen molar-refractivity contribution in [2.45, 2.75) is 18.3 Å². The molecule has 2 heterocycles. The average molecular weight is 410 g/mol. The van der Waals surface area contributed by atoms with E-state index in [1.54, 1.807) is 24.1 Å². The molecule has 3 aromatic rings. The highest BCUT2D eigenvalue weighted by Crippen LogP contribution is 2.24.